The summed E-state index contributed by atoms with van der Waals surface area (Å²) in [5.74, 6) is -1.88. The predicted molar refractivity (Wildman–Crippen MR) is 118 cm³/mol. The molecule has 2 heterocycles. The highest BCUT2D eigenvalue weighted by atomic mass is 16.8. The standard InChI is InChI=1S/C24H30O11/c1-23(30)11-15(25)24(31)9-10-32-22(20(23)24)35-21-19(29)18(28)17(27)14(34-21)12-33-16(26)8-7-13-5-3-2-4-6-13/h2-10,14-15,17-22,25,27-31H,11-12H2,1H3/b8-7+/t14-,15+,17-,18+,19-,20+,21+,22-,23+,24+/m0/s1. The molecule has 2 aliphatic heterocycles. The second kappa shape index (κ2) is 9.96. The van der Waals surface area contributed by atoms with E-state index in [1.165, 1.54) is 19.1 Å². The Morgan fingerprint density at radius 3 is 2.51 bits per heavy atom. The Morgan fingerprint density at radius 1 is 1.09 bits per heavy atom. The summed E-state index contributed by atoms with van der Waals surface area (Å²) in [6.45, 7) is 0.942. The first-order valence-corrected chi connectivity index (χ1v) is 11.2. The van der Waals surface area contributed by atoms with Crippen LogP contribution in [0.3, 0.4) is 0 Å². The van der Waals surface area contributed by atoms with Crippen LogP contribution in [0.5, 0.6) is 0 Å². The third-order valence-corrected chi connectivity index (χ3v) is 6.67. The molecular weight excluding hydrogens is 464 g/mol. The average molecular weight is 494 g/mol. The summed E-state index contributed by atoms with van der Waals surface area (Å²) < 4.78 is 21.7. The van der Waals surface area contributed by atoms with Gasteiger partial charge in [0.2, 0.25) is 6.29 Å². The number of aliphatic hydroxyl groups excluding tert-OH is 4. The largest absolute Gasteiger partial charge is 0.472 e. The van der Waals surface area contributed by atoms with Crippen LogP contribution in [0.4, 0.5) is 0 Å². The van der Waals surface area contributed by atoms with Gasteiger partial charge in [0.1, 0.15) is 36.6 Å². The molecule has 6 N–H and O–H groups in total. The minimum atomic E-state index is -1.86. The molecule has 1 saturated carbocycles. The first-order chi connectivity index (χ1) is 16.5. The quantitative estimate of drug-likeness (QED) is 0.207. The van der Waals surface area contributed by atoms with Crippen molar-refractivity contribution in [2.45, 2.75) is 67.6 Å². The van der Waals surface area contributed by atoms with E-state index in [4.69, 9.17) is 18.9 Å². The van der Waals surface area contributed by atoms with Gasteiger partial charge in [0.25, 0.3) is 0 Å². The van der Waals surface area contributed by atoms with Crippen LogP contribution in [0.15, 0.2) is 48.7 Å². The number of fused-ring (bicyclic) bond motifs is 1. The van der Waals surface area contributed by atoms with Gasteiger partial charge in [0.15, 0.2) is 6.29 Å². The predicted octanol–water partition coefficient (Wildman–Crippen LogP) is -1.20. The van der Waals surface area contributed by atoms with Gasteiger partial charge in [-0.05, 0) is 24.6 Å². The number of benzene rings is 1. The minimum absolute atomic E-state index is 0.160. The van der Waals surface area contributed by atoms with Gasteiger partial charge in [-0.1, -0.05) is 30.3 Å². The van der Waals surface area contributed by atoms with E-state index >= 15 is 0 Å². The lowest BCUT2D eigenvalue weighted by atomic mass is 9.81. The van der Waals surface area contributed by atoms with Gasteiger partial charge in [-0.3, -0.25) is 0 Å². The lowest BCUT2D eigenvalue weighted by Gasteiger charge is -2.45. The lowest BCUT2D eigenvalue weighted by molar-refractivity contribution is -0.351. The Kier molecular flexibility index (Phi) is 7.32. The third-order valence-electron chi connectivity index (χ3n) is 6.67. The first kappa shape index (κ1) is 25.7. The molecule has 1 aliphatic carbocycles. The Morgan fingerprint density at radius 2 is 1.80 bits per heavy atom. The topological polar surface area (TPSA) is 175 Å². The lowest BCUT2D eigenvalue weighted by Crippen LogP contribution is -2.62. The fourth-order valence-corrected chi connectivity index (χ4v) is 4.77. The minimum Gasteiger partial charge on any atom is -0.472 e. The van der Waals surface area contributed by atoms with E-state index in [-0.39, 0.29) is 6.42 Å². The molecular formula is C24H30O11. The monoisotopic (exact) mass is 494 g/mol. The van der Waals surface area contributed by atoms with E-state index in [0.29, 0.717) is 0 Å². The Hall–Kier alpha value is -2.35. The number of carbonyl (C=O) groups excluding carboxylic acids is 1. The van der Waals surface area contributed by atoms with Crippen molar-refractivity contribution >= 4 is 12.0 Å². The van der Waals surface area contributed by atoms with Crippen LogP contribution in [0.1, 0.15) is 18.9 Å². The van der Waals surface area contributed by atoms with Crippen molar-refractivity contribution in [3.05, 3.63) is 54.3 Å². The summed E-state index contributed by atoms with van der Waals surface area (Å²) in [6.07, 6.45) is -5.67. The molecule has 0 amide bonds. The summed E-state index contributed by atoms with van der Waals surface area (Å²) in [4.78, 5) is 12.1. The van der Waals surface area contributed by atoms with Gasteiger partial charge in [-0.25, -0.2) is 4.79 Å². The van der Waals surface area contributed by atoms with Crippen LogP contribution in [-0.2, 0) is 23.7 Å². The number of hydrogen-bond acceptors (Lipinski definition) is 11. The highest BCUT2D eigenvalue weighted by molar-refractivity contribution is 5.87. The van der Waals surface area contributed by atoms with E-state index in [9.17, 15) is 35.4 Å². The molecule has 0 spiro atoms. The number of rotatable bonds is 6. The third kappa shape index (κ3) is 5.13. The molecule has 1 saturated heterocycles. The SMILES string of the molecule is C[C@@]1(O)C[C@@H](O)[C@]2(O)C=CO[C@@H](O[C@H]3O[C@@H](COC(=O)/C=C/c4ccccc4)[C@H](O)[C@@H](O)[C@@H]3O)[C@@H]21. The van der Waals surface area contributed by atoms with E-state index in [1.54, 1.807) is 18.2 Å². The zero-order valence-electron chi connectivity index (χ0n) is 19.0. The molecule has 0 radical (unpaired) electrons. The van der Waals surface area contributed by atoms with Crippen LogP contribution in [-0.4, -0.2) is 97.5 Å². The van der Waals surface area contributed by atoms with Crippen molar-refractivity contribution in [3.63, 3.8) is 0 Å². The van der Waals surface area contributed by atoms with Crippen molar-refractivity contribution in [2.24, 2.45) is 5.92 Å². The molecule has 3 aliphatic rings. The molecule has 11 nitrogen and oxygen atoms in total. The number of carbonyl (C=O) groups is 1. The number of esters is 1. The molecule has 0 aromatic heterocycles. The summed E-state index contributed by atoms with van der Waals surface area (Å²) >= 11 is 0. The van der Waals surface area contributed by atoms with Crippen LogP contribution in [0, 0.1) is 5.92 Å². The summed E-state index contributed by atoms with van der Waals surface area (Å²) in [7, 11) is 0. The second-order valence-corrected chi connectivity index (χ2v) is 9.27. The van der Waals surface area contributed by atoms with Crippen LogP contribution < -0.4 is 0 Å². The fraction of sp³-hybridized carbons (Fsp3) is 0.542. The molecule has 35 heavy (non-hydrogen) atoms. The zero-order valence-corrected chi connectivity index (χ0v) is 19.0. The molecule has 192 valence electrons. The van der Waals surface area contributed by atoms with Gasteiger partial charge < -0.3 is 49.6 Å². The zero-order chi connectivity index (χ0) is 25.4. The first-order valence-electron chi connectivity index (χ1n) is 11.2. The Labute approximate surface area is 201 Å². The molecule has 11 heteroatoms. The van der Waals surface area contributed by atoms with Crippen molar-refractivity contribution in [1.82, 2.24) is 0 Å². The molecule has 1 aromatic carbocycles. The highest BCUT2D eigenvalue weighted by Crippen LogP contribution is 2.49. The Balaban J connectivity index is 1.41. The smallest absolute Gasteiger partial charge is 0.330 e. The summed E-state index contributed by atoms with van der Waals surface area (Å²) in [6, 6.07) is 9.04. The number of ether oxygens (including phenoxy) is 4. The van der Waals surface area contributed by atoms with Gasteiger partial charge in [-0.2, -0.15) is 0 Å². The molecule has 4 rings (SSSR count). The normalized spacial score (nSPS) is 43.1. The Bertz CT molecular complexity index is 948. The fourth-order valence-electron chi connectivity index (χ4n) is 4.77. The average Bonchev–Trinajstić information content (AvgIpc) is 3.01. The summed E-state index contributed by atoms with van der Waals surface area (Å²) in [5.41, 5.74) is -2.68. The molecule has 0 bridgehead atoms. The van der Waals surface area contributed by atoms with Gasteiger partial charge in [-0.15, -0.1) is 0 Å². The maximum atomic E-state index is 12.1. The van der Waals surface area contributed by atoms with Gasteiger partial charge in [0, 0.05) is 12.5 Å². The molecule has 2 fully saturated rings. The number of hydrogen-bond donors (Lipinski definition) is 6. The summed E-state index contributed by atoms with van der Waals surface area (Å²) in [5, 5.41) is 62.9. The van der Waals surface area contributed by atoms with Crippen molar-refractivity contribution in [1.29, 1.82) is 0 Å². The van der Waals surface area contributed by atoms with E-state index in [0.717, 1.165) is 11.8 Å². The van der Waals surface area contributed by atoms with Crippen LogP contribution in [0.2, 0.25) is 0 Å². The van der Waals surface area contributed by atoms with E-state index in [2.05, 4.69) is 0 Å². The molecule has 1 aromatic rings. The molecule has 0 unspecified atom stereocenters. The van der Waals surface area contributed by atoms with Crippen LogP contribution in [0.25, 0.3) is 6.08 Å². The maximum Gasteiger partial charge on any atom is 0.330 e. The van der Waals surface area contributed by atoms with Gasteiger partial charge >= 0.3 is 5.97 Å². The van der Waals surface area contributed by atoms with E-state index < -0.39 is 72.8 Å². The van der Waals surface area contributed by atoms with Crippen LogP contribution >= 0.6 is 0 Å². The second-order valence-electron chi connectivity index (χ2n) is 9.27. The molecule has 10 atom stereocenters. The van der Waals surface area contributed by atoms with Gasteiger partial charge in [0.05, 0.1) is 23.9 Å². The number of aliphatic hydroxyl groups is 6. The maximum absolute atomic E-state index is 12.1. The van der Waals surface area contributed by atoms with Crippen molar-refractivity contribution in [2.75, 3.05) is 6.61 Å². The van der Waals surface area contributed by atoms with E-state index in [1.807, 2.05) is 18.2 Å². The van der Waals surface area contributed by atoms with Crippen molar-refractivity contribution in [3.8, 4) is 0 Å². The highest BCUT2D eigenvalue weighted by Gasteiger charge is 2.64. The van der Waals surface area contributed by atoms with Crippen molar-refractivity contribution < 1.29 is 54.4 Å².